The Morgan fingerprint density at radius 3 is 2.38 bits per heavy atom. The molecule has 1 amide bonds. The van der Waals surface area contributed by atoms with E-state index in [1.54, 1.807) is 19.0 Å². The average Bonchev–Trinajstić information content (AvgIpc) is 2.96. The third kappa shape index (κ3) is 4.55. The number of rotatable bonds is 6. The topological polar surface area (TPSA) is 51.0 Å². The highest BCUT2D eigenvalue weighted by molar-refractivity contribution is 8.00. The third-order valence-corrected chi connectivity index (χ3v) is 5.18. The van der Waals surface area contributed by atoms with Gasteiger partial charge in [0.2, 0.25) is 5.91 Å². The van der Waals surface area contributed by atoms with Gasteiger partial charge in [0, 0.05) is 26.2 Å². The van der Waals surface area contributed by atoms with Crippen molar-refractivity contribution in [3.05, 3.63) is 42.5 Å². The highest BCUT2D eigenvalue weighted by atomic mass is 32.2. The Labute approximate surface area is 160 Å². The molecule has 140 valence electrons. The van der Waals surface area contributed by atoms with E-state index in [1.807, 2.05) is 17.6 Å². The predicted molar refractivity (Wildman–Crippen MR) is 108 cm³/mol. The van der Waals surface area contributed by atoms with Crippen molar-refractivity contribution in [2.24, 2.45) is 0 Å². The third-order valence-electron chi connectivity index (χ3n) is 4.11. The fraction of sp³-hybridized carbons (Fsp3) is 0.450. The summed E-state index contributed by atoms with van der Waals surface area (Å²) in [7, 11) is 3.52. The summed E-state index contributed by atoms with van der Waals surface area (Å²) in [6.07, 6.45) is 1.82. The largest absolute Gasteiger partial charge is 0.348 e. The number of benzene rings is 1. The Hall–Kier alpha value is -2.08. The van der Waals surface area contributed by atoms with Crippen LogP contribution in [0.3, 0.4) is 0 Å². The van der Waals surface area contributed by atoms with Crippen molar-refractivity contribution in [1.82, 2.24) is 19.7 Å². The van der Waals surface area contributed by atoms with Gasteiger partial charge in [0.05, 0.1) is 5.25 Å². The zero-order chi connectivity index (χ0) is 19.5. The van der Waals surface area contributed by atoms with Crippen molar-refractivity contribution in [2.45, 2.75) is 50.1 Å². The van der Waals surface area contributed by atoms with Gasteiger partial charge >= 0.3 is 0 Å². The number of hydrogen-bond donors (Lipinski definition) is 0. The van der Waals surface area contributed by atoms with Gasteiger partial charge in [-0.2, -0.15) is 0 Å². The molecule has 2 rings (SSSR count). The lowest BCUT2D eigenvalue weighted by Gasteiger charge is -2.19. The fourth-order valence-electron chi connectivity index (χ4n) is 2.57. The normalized spacial score (nSPS) is 12.7. The lowest BCUT2D eigenvalue weighted by Crippen LogP contribution is -2.29. The van der Waals surface area contributed by atoms with Gasteiger partial charge < -0.3 is 4.90 Å². The van der Waals surface area contributed by atoms with Crippen LogP contribution in [0.1, 0.15) is 33.3 Å². The van der Waals surface area contributed by atoms with Crippen LogP contribution in [-0.4, -0.2) is 44.9 Å². The average molecular weight is 373 g/mol. The minimum Gasteiger partial charge on any atom is -0.348 e. The molecule has 1 atom stereocenters. The van der Waals surface area contributed by atoms with Crippen LogP contribution < -0.4 is 0 Å². The van der Waals surface area contributed by atoms with Crippen LogP contribution in [0.4, 0.5) is 0 Å². The maximum Gasteiger partial charge on any atom is 0.235 e. The zero-order valence-electron chi connectivity index (χ0n) is 16.5. The molecule has 2 aromatic rings. The summed E-state index contributed by atoms with van der Waals surface area (Å²) in [6, 6.07) is 8.42. The summed E-state index contributed by atoms with van der Waals surface area (Å²) < 4.78 is 2.00. The Morgan fingerprint density at radius 2 is 1.88 bits per heavy atom. The summed E-state index contributed by atoms with van der Waals surface area (Å²) in [5, 5.41) is 9.19. The van der Waals surface area contributed by atoms with E-state index < -0.39 is 0 Å². The molecule has 0 bridgehead atoms. The molecule has 1 aromatic heterocycles. The second-order valence-electron chi connectivity index (χ2n) is 7.53. The molecule has 26 heavy (non-hydrogen) atoms. The highest BCUT2D eigenvalue weighted by Gasteiger charge is 2.22. The van der Waals surface area contributed by atoms with Crippen molar-refractivity contribution in [1.29, 1.82) is 0 Å². The first-order chi connectivity index (χ1) is 12.1. The summed E-state index contributed by atoms with van der Waals surface area (Å²) in [5.41, 5.74) is 2.39. The number of carbonyl (C=O) groups is 1. The molecule has 0 saturated heterocycles. The molecule has 0 N–H and O–H groups in total. The van der Waals surface area contributed by atoms with E-state index in [9.17, 15) is 4.79 Å². The van der Waals surface area contributed by atoms with Crippen molar-refractivity contribution >= 4 is 17.7 Å². The minimum absolute atomic E-state index is 0.0548. The number of carbonyl (C=O) groups excluding carboxylic acids is 1. The van der Waals surface area contributed by atoms with E-state index >= 15 is 0 Å². The van der Waals surface area contributed by atoms with Crippen molar-refractivity contribution in [3.63, 3.8) is 0 Å². The maximum atomic E-state index is 12.2. The smallest absolute Gasteiger partial charge is 0.235 e. The second kappa shape index (κ2) is 8.08. The van der Waals surface area contributed by atoms with Crippen LogP contribution in [0.2, 0.25) is 0 Å². The summed E-state index contributed by atoms with van der Waals surface area (Å²) in [6.45, 7) is 12.9. The van der Waals surface area contributed by atoms with Crippen LogP contribution in [0.5, 0.6) is 0 Å². The Bertz CT molecular complexity index is 772. The molecular weight excluding hydrogens is 344 g/mol. The van der Waals surface area contributed by atoms with Gasteiger partial charge in [-0.1, -0.05) is 62.9 Å². The molecule has 0 radical (unpaired) electrons. The molecule has 0 aliphatic carbocycles. The Balaban J connectivity index is 2.34. The van der Waals surface area contributed by atoms with Gasteiger partial charge in [0.1, 0.15) is 0 Å². The number of thioether (sulfide) groups is 1. The SMILES string of the molecule is C=CCn1c(S[C@@H](C)C(=O)N(C)C)nnc1-c1ccc(C(C)(C)C)cc1. The monoisotopic (exact) mass is 372 g/mol. The number of allylic oxidation sites excluding steroid dienone is 1. The minimum atomic E-state index is -0.228. The molecule has 0 spiro atoms. The van der Waals surface area contributed by atoms with Gasteiger partial charge in [-0.15, -0.1) is 16.8 Å². The van der Waals surface area contributed by atoms with Crippen LogP contribution >= 0.6 is 11.8 Å². The first-order valence-corrected chi connectivity index (χ1v) is 9.56. The highest BCUT2D eigenvalue weighted by Crippen LogP contribution is 2.29. The lowest BCUT2D eigenvalue weighted by molar-refractivity contribution is -0.127. The Kier molecular flexibility index (Phi) is 6.29. The lowest BCUT2D eigenvalue weighted by atomic mass is 9.87. The van der Waals surface area contributed by atoms with Gasteiger partial charge in [0.25, 0.3) is 0 Å². The summed E-state index contributed by atoms with van der Waals surface area (Å²) >= 11 is 1.42. The molecule has 0 saturated carbocycles. The van der Waals surface area contributed by atoms with Crippen LogP contribution in [0.25, 0.3) is 11.4 Å². The zero-order valence-corrected chi connectivity index (χ0v) is 17.3. The van der Waals surface area contributed by atoms with Gasteiger partial charge in [-0.05, 0) is 17.9 Å². The predicted octanol–water partition coefficient (Wildman–Crippen LogP) is 4.00. The van der Waals surface area contributed by atoms with Crippen LogP contribution in [0.15, 0.2) is 42.1 Å². The van der Waals surface area contributed by atoms with Crippen molar-refractivity contribution in [3.8, 4) is 11.4 Å². The molecular formula is C20H28N4OS. The number of amides is 1. The molecule has 1 aromatic carbocycles. The first kappa shape index (κ1) is 20.2. The second-order valence-corrected chi connectivity index (χ2v) is 8.83. The van der Waals surface area contributed by atoms with Gasteiger partial charge in [-0.3, -0.25) is 9.36 Å². The van der Waals surface area contributed by atoms with Crippen molar-refractivity contribution < 1.29 is 4.79 Å². The van der Waals surface area contributed by atoms with E-state index in [1.165, 1.54) is 17.3 Å². The van der Waals surface area contributed by atoms with Gasteiger partial charge in [-0.25, -0.2) is 0 Å². The van der Waals surface area contributed by atoms with E-state index in [0.29, 0.717) is 6.54 Å². The van der Waals surface area contributed by atoms with E-state index in [4.69, 9.17) is 0 Å². The molecule has 0 unspecified atom stereocenters. The summed E-state index contributed by atoms with van der Waals surface area (Å²) in [4.78, 5) is 13.7. The number of hydrogen-bond acceptors (Lipinski definition) is 4. The number of nitrogens with zero attached hydrogens (tertiary/aromatic N) is 4. The van der Waals surface area contributed by atoms with E-state index in [2.05, 4.69) is 61.8 Å². The molecule has 0 fully saturated rings. The van der Waals surface area contributed by atoms with Gasteiger partial charge in [0.15, 0.2) is 11.0 Å². The summed E-state index contributed by atoms with van der Waals surface area (Å²) in [5.74, 6) is 0.844. The number of aromatic nitrogens is 3. The molecule has 1 heterocycles. The fourth-order valence-corrected chi connectivity index (χ4v) is 3.58. The van der Waals surface area contributed by atoms with E-state index in [0.717, 1.165) is 16.5 Å². The standard InChI is InChI=1S/C20H28N4OS/c1-8-13-24-17(15-9-11-16(12-10-15)20(3,4)5)21-22-19(24)26-14(2)18(25)23(6)7/h8-12,14H,1,13H2,2-7H3/t14-/m0/s1. The molecule has 6 heteroatoms. The van der Waals surface area contributed by atoms with E-state index in [-0.39, 0.29) is 16.6 Å². The van der Waals surface area contributed by atoms with Crippen LogP contribution in [-0.2, 0) is 16.8 Å². The molecule has 0 aliphatic rings. The first-order valence-electron chi connectivity index (χ1n) is 8.68. The van der Waals surface area contributed by atoms with Crippen molar-refractivity contribution in [2.75, 3.05) is 14.1 Å². The van der Waals surface area contributed by atoms with Crippen LogP contribution in [0, 0.1) is 0 Å². The Morgan fingerprint density at radius 1 is 1.27 bits per heavy atom. The molecule has 0 aliphatic heterocycles. The molecule has 5 nitrogen and oxygen atoms in total. The maximum absolute atomic E-state index is 12.2. The quantitative estimate of drug-likeness (QED) is 0.568.